The zero-order valence-corrected chi connectivity index (χ0v) is 13.2. The van der Waals surface area contributed by atoms with Crippen molar-refractivity contribution in [1.82, 2.24) is 5.32 Å². The molecule has 0 spiro atoms. The molecule has 1 aromatic carbocycles. The molecule has 0 atom stereocenters. The van der Waals surface area contributed by atoms with Crippen molar-refractivity contribution in [3.05, 3.63) is 33.8 Å². The molecular weight excluding hydrogens is 315 g/mol. The van der Waals surface area contributed by atoms with Gasteiger partial charge in [0, 0.05) is 15.6 Å². The van der Waals surface area contributed by atoms with E-state index in [0.717, 1.165) is 32.1 Å². The van der Waals surface area contributed by atoms with Crippen molar-refractivity contribution in [1.29, 1.82) is 0 Å². The Morgan fingerprint density at radius 2 is 1.70 bits per heavy atom. The average molecular weight is 331 g/mol. The van der Waals surface area contributed by atoms with Crippen LogP contribution in [-0.4, -0.2) is 16.4 Å². The van der Waals surface area contributed by atoms with Crippen LogP contribution < -0.4 is 11.1 Å². The maximum Gasteiger partial charge on any atom is 0.252 e. The molecule has 0 saturated heterocycles. The third kappa shape index (κ3) is 3.43. The van der Waals surface area contributed by atoms with E-state index >= 15 is 0 Å². The fraction of sp³-hybridized carbons (Fsp3) is 0.429. The Morgan fingerprint density at radius 1 is 1.15 bits per heavy atom. The van der Waals surface area contributed by atoms with Crippen molar-refractivity contribution in [2.45, 2.75) is 37.6 Å². The molecule has 1 saturated carbocycles. The molecule has 1 amide bonds. The lowest BCUT2D eigenvalue weighted by Crippen LogP contribution is -2.57. The lowest BCUT2D eigenvalue weighted by Gasteiger charge is -2.37. The van der Waals surface area contributed by atoms with Crippen LogP contribution in [0.25, 0.3) is 0 Å². The summed E-state index contributed by atoms with van der Waals surface area (Å²) >= 11 is 17.0. The second-order valence-corrected chi connectivity index (χ2v) is 6.43. The fourth-order valence-corrected chi connectivity index (χ4v) is 3.34. The van der Waals surface area contributed by atoms with Crippen LogP contribution in [0.15, 0.2) is 18.2 Å². The van der Waals surface area contributed by atoms with Crippen molar-refractivity contribution < 1.29 is 4.79 Å². The molecule has 6 heteroatoms. The van der Waals surface area contributed by atoms with Crippen molar-refractivity contribution >= 4 is 46.3 Å². The second kappa shape index (κ2) is 6.29. The minimum absolute atomic E-state index is 0.246. The standard InChI is InChI=1S/C14H16Cl2N2OS/c15-10-6-9(7-11(16)8-10)12(19)18-14(13(17)20)4-2-1-3-5-14/h6-8H,1-5H2,(H2,17,20)(H,18,19). The number of nitrogens with one attached hydrogen (secondary N) is 1. The Balaban J connectivity index is 2.22. The highest BCUT2D eigenvalue weighted by Gasteiger charge is 2.36. The summed E-state index contributed by atoms with van der Waals surface area (Å²) in [4.78, 5) is 12.7. The van der Waals surface area contributed by atoms with Gasteiger partial charge in [-0.15, -0.1) is 0 Å². The summed E-state index contributed by atoms with van der Waals surface area (Å²) in [6.07, 6.45) is 4.72. The molecule has 0 aliphatic heterocycles. The first-order chi connectivity index (χ1) is 9.43. The van der Waals surface area contributed by atoms with Crippen LogP contribution in [0.5, 0.6) is 0 Å². The highest BCUT2D eigenvalue weighted by molar-refractivity contribution is 7.80. The number of rotatable bonds is 3. The lowest BCUT2D eigenvalue weighted by atomic mass is 9.81. The highest BCUT2D eigenvalue weighted by atomic mass is 35.5. The number of hydrogen-bond acceptors (Lipinski definition) is 2. The largest absolute Gasteiger partial charge is 0.391 e. The Labute approximate surface area is 133 Å². The van der Waals surface area contributed by atoms with Crippen LogP contribution in [0.3, 0.4) is 0 Å². The third-order valence-electron chi connectivity index (χ3n) is 3.66. The molecule has 1 aliphatic carbocycles. The van der Waals surface area contributed by atoms with Gasteiger partial charge >= 0.3 is 0 Å². The number of nitrogens with two attached hydrogens (primary N) is 1. The predicted molar refractivity (Wildman–Crippen MR) is 86.5 cm³/mol. The van der Waals surface area contributed by atoms with Crippen molar-refractivity contribution in [3.8, 4) is 0 Å². The van der Waals surface area contributed by atoms with Crippen LogP contribution in [0.4, 0.5) is 0 Å². The molecule has 1 aromatic rings. The molecule has 0 heterocycles. The summed E-state index contributed by atoms with van der Waals surface area (Å²) in [5.74, 6) is -0.246. The Kier molecular flexibility index (Phi) is 4.89. The van der Waals surface area contributed by atoms with E-state index in [1.807, 2.05) is 0 Å². The fourth-order valence-electron chi connectivity index (χ4n) is 2.56. The van der Waals surface area contributed by atoms with Crippen molar-refractivity contribution in [2.24, 2.45) is 5.73 Å². The Hall–Kier alpha value is -0.840. The summed E-state index contributed by atoms with van der Waals surface area (Å²) < 4.78 is 0. The molecule has 20 heavy (non-hydrogen) atoms. The minimum atomic E-state index is -0.584. The molecule has 3 N–H and O–H groups in total. The van der Waals surface area contributed by atoms with Gasteiger partial charge in [-0.3, -0.25) is 4.79 Å². The van der Waals surface area contributed by atoms with E-state index in [4.69, 9.17) is 41.2 Å². The molecule has 108 valence electrons. The molecule has 0 radical (unpaired) electrons. The maximum atomic E-state index is 12.4. The normalized spacial score (nSPS) is 17.5. The van der Waals surface area contributed by atoms with Crippen LogP contribution in [-0.2, 0) is 0 Å². The zero-order chi connectivity index (χ0) is 14.8. The van der Waals surface area contributed by atoms with E-state index in [9.17, 15) is 4.79 Å². The van der Waals surface area contributed by atoms with E-state index in [0.29, 0.717) is 20.6 Å². The molecule has 3 nitrogen and oxygen atoms in total. The first-order valence-electron chi connectivity index (χ1n) is 6.51. The van der Waals surface area contributed by atoms with Crippen molar-refractivity contribution in [3.63, 3.8) is 0 Å². The first kappa shape index (κ1) is 15.5. The molecule has 2 rings (SSSR count). The SMILES string of the molecule is NC(=S)C1(NC(=O)c2cc(Cl)cc(Cl)c2)CCCCC1. The van der Waals surface area contributed by atoms with Gasteiger partial charge in [0.25, 0.3) is 5.91 Å². The number of halogens is 2. The number of carbonyl (C=O) groups excluding carboxylic acids is 1. The van der Waals surface area contributed by atoms with E-state index in [1.165, 1.54) is 0 Å². The quantitative estimate of drug-likeness (QED) is 0.830. The van der Waals surface area contributed by atoms with Crippen LogP contribution >= 0.6 is 35.4 Å². The molecular formula is C14H16Cl2N2OS. The van der Waals surface area contributed by atoms with E-state index < -0.39 is 5.54 Å². The second-order valence-electron chi connectivity index (χ2n) is 5.12. The maximum absolute atomic E-state index is 12.4. The van der Waals surface area contributed by atoms with Gasteiger partial charge in [0.15, 0.2) is 0 Å². The Bertz CT molecular complexity index is 522. The molecule has 1 aliphatic rings. The topological polar surface area (TPSA) is 55.1 Å². The van der Waals surface area contributed by atoms with Gasteiger partial charge < -0.3 is 11.1 Å². The van der Waals surface area contributed by atoms with Gasteiger partial charge in [-0.25, -0.2) is 0 Å². The first-order valence-corrected chi connectivity index (χ1v) is 7.68. The summed E-state index contributed by atoms with van der Waals surface area (Å²) in [7, 11) is 0. The lowest BCUT2D eigenvalue weighted by molar-refractivity contribution is 0.0908. The van der Waals surface area contributed by atoms with Crippen LogP contribution in [0, 0.1) is 0 Å². The number of benzene rings is 1. The van der Waals surface area contributed by atoms with Gasteiger partial charge in [0.1, 0.15) is 0 Å². The summed E-state index contributed by atoms with van der Waals surface area (Å²) in [6.45, 7) is 0. The molecule has 0 unspecified atom stereocenters. The number of carbonyl (C=O) groups is 1. The third-order valence-corrected chi connectivity index (χ3v) is 4.48. The number of thiocarbonyl (C=S) groups is 1. The van der Waals surface area contributed by atoms with E-state index in [2.05, 4.69) is 5.32 Å². The summed E-state index contributed by atoms with van der Waals surface area (Å²) in [6, 6.07) is 4.75. The minimum Gasteiger partial charge on any atom is -0.391 e. The van der Waals surface area contributed by atoms with Crippen LogP contribution in [0.2, 0.25) is 10.0 Å². The Morgan fingerprint density at radius 3 is 2.20 bits per heavy atom. The van der Waals surface area contributed by atoms with E-state index in [1.54, 1.807) is 18.2 Å². The van der Waals surface area contributed by atoms with Gasteiger partial charge in [-0.05, 0) is 31.0 Å². The number of amides is 1. The zero-order valence-electron chi connectivity index (χ0n) is 10.9. The predicted octanol–water partition coefficient (Wildman–Crippen LogP) is 3.71. The molecule has 1 fully saturated rings. The van der Waals surface area contributed by atoms with E-state index in [-0.39, 0.29) is 5.91 Å². The van der Waals surface area contributed by atoms with Crippen molar-refractivity contribution in [2.75, 3.05) is 0 Å². The molecule has 0 aromatic heterocycles. The highest BCUT2D eigenvalue weighted by Crippen LogP contribution is 2.29. The van der Waals surface area contributed by atoms with Gasteiger partial charge in [0.2, 0.25) is 0 Å². The summed E-state index contributed by atoms with van der Waals surface area (Å²) in [5.41, 5.74) is 5.69. The average Bonchev–Trinajstić information content (AvgIpc) is 2.38. The smallest absolute Gasteiger partial charge is 0.252 e. The van der Waals surface area contributed by atoms with Crippen LogP contribution in [0.1, 0.15) is 42.5 Å². The van der Waals surface area contributed by atoms with Gasteiger partial charge in [-0.1, -0.05) is 54.7 Å². The van der Waals surface area contributed by atoms with Gasteiger partial charge in [-0.2, -0.15) is 0 Å². The monoisotopic (exact) mass is 330 g/mol. The molecule has 0 bridgehead atoms. The summed E-state index contributed by atoms with van der Waals surface area (Å²) in [5, 5.41) is 3.83. The van der Waals surface area contributed by atoms with Gasteiger partial charge in [0.05, 0.1) is 10.5 Å². The number of hydrogen-bond donors (Lipinski definition) is 2.